The molecule has 1 aliphatic heterocycles. The van der Waals surface area contributed by atoms with Crippen LogP contribution in [0.5, 0.6) is 5.75 Å². The highest BCUT2D eigenvalue weighted by Crippen LogP contribution is 2.32. The van der Waals surface area contributed by atoms with Crippen molar-refractivity contribution in [1.82, 2.24) is 25.6 Å². The average Bonchev–Trinajstić information content (AvgIpc) is 3.52. The molecule has 2 atom stereocenters. The maximum absolute atomic E-state index is 12.8. The van der Waals surface area contributed by atoms with Gasteiger partial charge in [0.05, 0.1) is 29.5 Å². The first-order valence-electron chi connectivity index (χ1n) is 11.4. The summed E-state index contributed by atoms with van der Waals surface area (Å²) in [4.78, 5) is 17.6. The minimum Gasteiger partial charge on any atom is -0.497 e. The van der Waals surface area contributed by atoms with E-state index in [1.54, 1.807) is 25.6 Å². The number of methoxy groups -OCH3 is 1. The number of carbonyl (C=O) groups is 1. The third-order valence-electron chi connectivity index (χ3n) is 6.08. The van der Waals surface area contributed by atoms with Crippen molar-refractivity contribution in [1.29, 1.82) is 5.41 Å². The molecule has 0 spiro atoms. The number of rotatable bonds is 6. The number of nitrogens with one attached hydrogen (secondary N) is 3. The Labute approximate surface area is 206 Å². The van der Waals surface area contributed by atoms with E-state index in [-0.39, 0.29) is 30.0 Å². The Morgan fingerprint density at radius 2 is 1.97 bits per heavy atom. The van der Waals surface area contributed by atoms with Gasteiger partial charge in [-0.15, -0.1) is 11.3 Å². The number of hydrazine groups is 1. The number of aromatic nitrogens is 3. The molecule has 1 aliphatic rings. The van der Waals surface area contributed by atoms with E-state index >= 15 is 0 Å². The van der Waals surface area contributed by atoms with Crippen molar-refractivity contribution in [2.75, 3.05) is 13.7 Å². The number of esters is 1. The molecule has 1 fully saturated rings. The lowest BCUT2D eigenvalue weighted by Crippen LogP contribution is -2.38. The summed E-state index contributed by atoms with van der Waals surface area (Å²) in [6.07, 6.45) is 0.275. The zero-order chi connectivity index (χ0) is 24.5. The zero-order valence-corrected chi connectivity index (χ0v) is 20.5. The summed E-state index contributed by atoms with van der Waals surface area (Å²) < 4.78 is 13.1. The second kappa shape index (κ2) is 9.57. The van der Waals surface area contributed by atoms with Crippen molar-refractivity contribution >= 4 is 27.5 Å². The Bertz CT molecular complexity index is 1410. The number of carbonyl (C=O) groups excluding carboxylic acids is 1. The van der Waals surface area contributed by atoms with Gasteiger partial charge in [-0.3, -0.25) is 5.41 Å². The highest BCUT2D eigenvalue weighted by atomic mass is 32.1. The van der Waals surface area contributed by atoms with E-state index in [0.717, 1.165) is 21.5 Å². The smallest absolute Gasteiger partial charge is 0.359 e. The fraction of sp³-hybridized carbons (Fsp3) is 0.280. The summed E-state index contributed by atoms with van der Waals surface area (Å²) in [5.41, 5.74) is 10.0. The van der Waals surface area contributed by atoms with Crippen LogP contribution >= 0.6 is 11.3 Å². The van der Waals surface area contributed by atoms with Crippen LogP contribution < -0.4 is 21.1 Å². The van der Waals surface area contributed by atoms with Crippen LogP contribution in [0.25, 0.3) is 20.8 Å². The van der Waals surface area contributed by atoms with Crippen LogP contribution in [0.2, 0.25) is 0 Å². The van der Waals surface area contributed by atoms with Gasteiger partial charge in [-0.2, -0.15) is 5.10 Å². The van der Waals surface area contributed by atoms with Crippen LogP contribution in [-0.4, -0.2) is 34.5 Å². The van der Waals surface area contributed by atoms with Gasteiger partial charge in [-0.1, -0.05) is 24.3 Å². The molecule has 35 heavy (non-hydrogen) atoms. The molecular formula is C25H26N6O3S. The molecule has 180 valence electrons. The van der Waals surface area contributed by atoms with E-state index in [2.05, 4.69) is 16.0 Å². The third-order valence-corrected chi connectivity index (χ3v) is 7.13. The summed E-state index contributed by atoms with van der Waals surface area (Å²) in [6.45, 7) is 3.79. The van der Waals surface area contributed by atoms with Crippen molar-refractivity contribution in [2.45, 2.75) is 32.5 Å². The topological polar surface area (TPSA) is 114 Å². The fourth-order valence-corrected chi connectivity index (χ4v) is 5.33. The number of thiazole rings is 1. The first-order chi connectivity index (χ1) is 17.0. The molecule has 0 saturated carbocycles. The van der Waals surface area contributed by atoms with Crippen molar-refractivity contribution in [3.63, 3.8) is 0 Å². The largest absolute Gasteiger partial charge is 0.497 e. The minimum atomic E-state index is -0.515. The predicted octanol–water partition coefficient (Wildman–Crippen LogP) is 3.87. The van der Waals surface area contributed by atoms with Gasteiger partial charge in [0.2, 0.25) is 0 Å². The second-order valence-electron chi connectivity index (χ2n) is 8.21. The number of ether oxygens (including phenoxy) is 2. The monoisotopic (exact) mass is 490 g/mol. The van der Waals surface area contributed by atoms with Gasteiger partial charge in [0.15, 0.2) is 11.2 Å². The number of nitrogens with zero attached hydrogens (tertiary/aromatic N) is 3. The van der Waals surface area contributed by atoms with Gasteiger partial charge in [0.1, 0.15) is 16.9 Å². The van der Waals surface area contributed by atoms with Crippen molar-refractivity contribution in [2.24, 2.45) is 0 Å². The van der Waals surface area contributed by atoms with Gasteiger partial charge in [-0.05, 0) is 49.2 Å². The van der Waals surface area contributed by atoms with Crippen LogP contribution in [0, 0.1) is 12.3 Å². The van der Waals surface area contributed by atoms with E-state index in [9.17, 15) is 4.79 Å². The lowest BCUT2D eigenvalue weighted by molar-refractivity contribution is 0.0514. The van der Waals surface area contributed by atoms with Crippen molar-refractivity contribution in [3.05, 3.63) is 70.8 Å². The first kappa shape index (κ1) is 23.2. The number of hydrogen-bond acceptors (Lipinski definition) is 9. The zero-order valence-electron chi connectivity index (χ0n) is 19.7. The van der Waals surface area contributed by atoms with E-state index in [1.807, 2.05) is 48.5 Å². The van der Waals surface area contributed by atoms with Crippen molar-refractivity contribution < 1.29 is 14.3 Å². The predicted molar refractivity (Wildman–Crippen MR) is 133 cm³/mol. The molecule has 9 nitrogen and oxygen atoms in total. The number of para-hydroxylation sites is 1. The molecule has 2 unspecified atom stereocenters. The van der Waals surface area contributed by atoms with Crippen LogP contribution in [-0.2, 0) is 4.74 Å². The van der Waals surface area contributed by atoms with Gasteiger partial charge in [0, 0.05) is 12.5 Å². The van der Waals surface area contributed by atoms with Gasteiger partial charge < -0.3 is 9.47 Å². The van der Waals surface area contributed by atoms with Gasteiger partial charge >= 0.3 is 5.97 Å². The Balaban J connectivity index is 1.57. The third kappa shape index (κ3) is 4.31. The van der Waals surface area contributed by atoms with Gasteiger partial charge in [-0.25, -0.2) is 25.3 Å². The summed E-state index contributed by atoms with van der Waals surface area (Å²) >= 11 is 1.49. The molecule has 3 heterocycles. The molecule has 5 rings (SSSR count). The molecule has 0 radical (unpaired) electrons. The Morgan fingerprint density at radius 1 is 1.20 bits per heavy atom. The SMILES string of the molecule is CCOC(=O)c1nn(C2CC(c3ccc(OC)cc3)NN2)c(=N)c(-c2nc3ccccc3s2)c1C. The van der Waals surface area contributed by atoms with E-state index in [4.69, 9.17) is 19.9 Å². The van der Waals surface area contributed by atoms with Crippen molar-refractivity contribution in [3.8, 4) is 16.3 Å². The highest BCUT2D eigenvalue weighted by molar-refractivity contribution is 7.21. The average molecular weight is 491 g/mol. The quantitative estimate of drug-likeness (QED) is 0.352. The normalized spacial score (nSPS) is 17.6. The standard InChI is InChI=1S/C25H26N6O3S/c1-4-34-25(32)22-14(2)21(24-27-17-7-5-6-8-19(17)35-24)23(26)31(30-22)20-13-18(28-29-20)15-9-11-16(33-3)12-10-15/h5-12,18,20,26,28-29H,4,13H2,1-3H3. The molecule has 2 aromatic heterocycles. The maximum Gasteiger partial charge on any atom is 0.359 e. The minimum absolute atomic E-state index is 0.00199. The van der Waals surface area contributed by atoms with Crippen LogP contribution in [0.4, 0.5) is 0 Å². The lowest BCUT2D eigenvalue weighted by Gasteiger charge is -2.18. The Hall–Kier alpha value is -3.60. The van der Waals surface area contributed by atoms with Gasteiger partial charge in [0.25, 0.3) is 0 Å². The number of fused-ring (bicyclic) bond motifs is 1. The molecule has 3 N–H and O–H groups in total. The molecule has 0 amide bonds. The summed E-state index contributed by atoms with van der Waals surface area (Å²) in [5, 5.41) is 14.3. The van der Waals surface area contributed by atoms with E-state index in [1.165, 1.54) is 11.3 Å². The van der Waals surface area contributed by atoms with Crippen LogP contribution in [0.3, 0.4) is 0 Å². The fourth-order valence-electron chi connectivity index (χ4n) is 4.26. The lowest BCUT2D eigenvalue weighted by atomic mass is 10.0. The first-order valence-corrected chi connectivity index (χ1v) is 12.2. The molecule has 2 aromatic carbocycles. The Kier molecular flexibility index (Phi) is 6.33. The molecule has 0 aliphatic carbocycles. The number of hydrogen-bond donors (Lipinski definition) is 3. The van der Waals surface area contributed by atoms with E-state index < -0.39 is 5.97 Å². The molecule has 1 saturated heterocycles. The molecule has 4 aromatic rings. The number of benzene rings is 2. The summed E-state index contributed by atoms with van der Waals surface area (Å²) in [5.74, 6) is 0.276. The van der Waals surface area contributed by atoms with Crippen LogP contribution in [0.1, 0.15) is 47.2 Å². The Morgan fingerprint density at radius 3 is 2.69 bits per heavy atom. The summed E-state index contributed by atoms with van der Waals surface area (Å²) in [6, 6.07) is 15.7. The summed E-state index contributed by atoms with van der Waals surface area (Å²) in [7, 11) is 1.64. The van der Waals surface area contributed by atoms with Crippen LogP contribution in [0.15, 0.2) is 48.5 Å². The maximum atomic E-state index is 12.8. The highest BCUT2D eigenvalue weighted by Gasteiger charge is 2.30. The van der Waals surface area contributed by atoms with E-state index in [0.29, 0.717) is 22.6 Å². The molecule has 10 heteroatoms. The molecule has 0 bridgehead atoms. The second-order valence-corrected chi connectivity index (χ2v) is 9.25. The molecular weight excluding hydrogens is 464 g/mol.